The lowest BCUT2D eigenvalue weighted by Crippen LogP contribution is -2.33. The second-order valence-corrected chi connectivity index (χ2v) is 5.85. The number of amides is 1. The summed E-state index contributed by atoms with van der Waals surface area (Å²) in [5.41, 5.74) is 0.863. The van der Waals surface area contributed by atoms with Gasteiger partial charge in [0.15, 0.2) is 0 Å². The number of carbonyl (C=O) groups is 1. The van der Waals surface area contributed by atoms with Crippen molar-refractivity contribution in [2.24, 2.45) is 0 Å². The van der Waals surface area contributed by atoms with Gasteiger partial charge in [0.05, 0.1) is 0 Å². The van der Waals surface area contributed by atoms with Crippen LogP contribution in [0.4, 0.5) is 0 Å². The molecule has 0 spiro atoms. The van der Waals surface area contributed by atoms with Crippen LogP contribution in [-0.2, 0) is 4.79 Å². The fourth-order valence-corrected chi connectivity index (χ4v) is 2.75. The highest BCUT2D eigenvalue weighted by Gasteiger charge is 2.15. The molecule has 5 heteroatoms. The number of hydrogen-bond donors (Lipinski definition) is 2. The van der Waals surface area contributed by atoms with Crippen LogP contribution in [0.1, 0.15) is 45.2 Å². The summed E-state index contributed by atoms with van der Waals surface area (Å²) >= 11 is 3.42. The highest BCUT2D eigenvalue weighted by Crippen LogP contribution is 2.29. The molecule has 1 aromatic carbocycles. The zero-order chi connectivity index (χ0) is 15.8. The van der Waals surface area contributed by atoms with Crippen molar-refractivity contribution in [1.29, 1.82) is 0 Å². The van der Waals surface area contributed by atoms with Crippen molar-refractivity contribution in [3.8, 4) is 5.75 Å². The summed E-state index contributed by atoms with van der Waals surface area (Å²) in [7, 11) is 0. The Morgan fingerprint density at radius 3 is 2.57 bits per heavy atom. The first kappa shape index (κ1) is 18.0. The zero-order valence-electron chi connectivity index (χ0n) is 13.0. The molecular weight excluding hydrogens is 332 g/mol. The van der Waals surface area contributed by atoms with Crippen molar-refractivity contribution in [3.63, 3.8) is 0 Å². The van der Waals surface area contributed by atoms with Crippen LogP contribution in [0.3, 0.4) is 0 Å². The summed E-state index contributed by atoms with van der Waals surface area (Å²) < 4.78 is 0.940. The molecule has 1 unspecified atom stereocenters. The van der Waals surface area contributed by atoms with Crippen molar-refractivity contribution >= 4 is 21.8 Å². The van der Waals surface area contributed by atoms with E-state index in [9.17, 15) is 9.90 Å². The highest BCUT2D eigenvalue weighted by molar-refractivity contribution is 9.10. The van der Waals surface area contributed by atoms with Gasteiger partial charge >= 0.3 is 0 Å². The van der Waals surface area contributed by atoms with Crippen LogP contribution in [0, 0.1) is 0 Å². The second-order valence-electron chi connectivity index (χ2n) is 4.93. The molecular formula is C16H25BrN2O2. The fraction of sp³-hybridized carbons (Fsp3) is 0.562. The Hall–Kier alpha value is -1.07. The summed E-state index contributed by atoms with van der Waals surface area (Å²) in [4.78, 5) is 13.8. The van der Waals surface area contributed by atoms with Gasteiger partial charge in [-0.1, -0.05) is 22.9 Å². The van der Waals surface area contributed by atoms with E-state index in [0.29, 0.717) is 13.0 Å². The number of phenolic OH excluding ortho intramolecular Hbond substituents is 1. The Balaban J connectivity index is 2.59. The molecule has 0 saturated carbocycles. The van der Waals surface area contributed by atoms with Crippen LogP contribution in [0.2, 0.25) is 0 Å². The average molecular weight is 357 g/mol. The largest absolute Gasteiger partial charge is 0.508 e. The molecule has 0 fully saturated rings. The van der Waals surface area contributed by atoms with Crippen molar-refractivity contribution < 1.29 is 9.90 Å². The predicted molar refractivity (Wildman–Crippen MR) is 89.4 cm³/mol. The van der Waals surface area contributed by atoms with Gasteiger partial charge in [-0.2, -0.15) is 0 Å². The van der Waals surface area contributed by atoms with Gasteiger partial charge in [0.2, 0.25) is 5.91 Å². The lowest BCUT2D eigenvalue weighted by atomic mass is 10.0. The summed E-state index contributed by atoms with van der Waals surface area (Å²) in [6.07, 6.45) is 1.33. The zero-order valence-corrected chi connectivity index (χ0v) is 14.6. The minimum absolute atomic E-state index is 0.0482. The Bertz CT molecular complexity index is 462. The van der Waals surface area contributed by atoms with Crippen LogP contribution < -0.4 is 5.32 Å². The normalized spacial score (nSPS) is 12.2. The Morgan fingerprint density at radius 1 is 1.33 bits per heavy atom. The van der Waals surface area contributed by atoms with E-state index in [1.165, 1.54) is 0 Å². The maximum Gasteiger partial charge on any atom is 0.223 e. The third kappa shape index (κ3) is 5.32. The van der Waals surface area contributed by atoms with Gasteiger partial charge in [-0.25, -0.2) is 0 Å². The van der Waals surface area contributed by atoms with E-state index in [-0.39, 0.29) is 17.7 Å². The van der Waals surface area contributed by atoms with E-state index in [2.05, 4.69) is 28.2 Å². The molecule has 21 heavy (non-hydrogen) atoms. The number of phenols is 1. The number of benzene rings is 1. The monoisotopic (exact) mass is 356 g/mol. The fourth-order valence-electron chi connectivity index (χ4n) is 2.37. The molecule has 0 aliphatic rings. The first-order valence-electron chi connectivity index (χ1n) is 7.52. The van der Waals surface area contributed by atoms with Crippen molar-refractivity contribution in [1.82, 2.24) is 10.2 Å². The molecule has 0 radical (unpaired) electrons. The molecule has 1 amide bonds. The van der Waals surface area contributed by atoms with Crippen LogP contribution in [0.5, 0.6) is 5.75 Å². The molecule has 2 N–H and O–H groups in total. The number of rotatable bonds is 8. The topological polar surface area (TPSA) is 52.6 Å². The number of halogens is 1. The first-order valence-corrected chi connectivity index (χ1v) is 8.32. The van der Waals surface area contributed by atoms with E-state index in [1.54, 1.807) is 6.07 Å². The van der Waals surface area contributed by atoms with Gasteiger partial charge in [0, 0.05) is 42.1 Å². The summed E-state index contributed by atoms with van der Waals surface area (Å²) in [6.45, 7) is 8.15. The third-order valence-corrected chi connectivity index (χ3v) is 4.11. The minimum atomic E-state index is 0.0482. The molecule has 4 nitrogen and oxygen atoms in total. The maximum absolute atomic E-state index is 12.0. The SMILES string of the molecule is CCC(NCCC(=O)N(CC)CC)c1cc(Br)ccc1O. The van der Waals surface area contributed by atoms with E-state index in [0.717, 1.165) is 29.5 Å². The predicted octanol–water partition coefficient (Wildman–Crippen LogP) is 3.45. The van der Waals surface area contributed by atoms with Crippen LogP contribution >= 0.6 is 15.9 Å². The minimum Gasteiger partial charge on any atom is -0.508 e. The Kier molecular flexibility index (Phi) is 7.75. The Labute approximate surface area is 135 Å². The lowest BCUT2D eigenvalue weighted by Gasteiger charge is -2.21. The number of nitrogens with zero attached hydrogens (tertiary/aromatic N) is 1. The molecule has 1 aromatic rings. The summed E-state index contributed by atoms with van der Waals surface area (Å²) in [5.74, 6) is 0.452. The van der Waals surface area contributed by atoms with Crippen molar-refractivity contribution in [3.05, 3.63) is 28.2 Å². The smallest absolute Gasteiger partial charge is 0.223 e. The average Bonchev–Trinajstić information content (AvgIpc) is 2.48. The molecule has 118 valence electrons. The third-order valence-electron chi connectivity index (χ3n) is 3.62. The van der Waals surface area contributed by atoms with Gasteiger partial charge in [-0.3, -0.25) is 4.79 Å². The van der Waals surface area contributed by atoms with Gasteiger partial charge in [0.1, 0.15) is 5.75 Å². The molecule has 0 aromatic heterocycles. The number of aromatic hydroxyl groups is 1. The van der Waals surface area contributed by atoms with E-state index in [4.69, 9.17) is 0 Å². The molecule has 1 rings (SSSR count). The van der Waals surface area contributed by atoms with Crippen molar-refractivity contribution in [2.45, 2.75) is 39.7 Å². The standard InChI is InChI=1S/C16H25BrN2O2/c1-4-14(13-11-12(17)7-8-15(13)20)18-10-9-16(21)19(5-2)6-3/h7-8,11,14,18,20H,4-6,9-10H2,1-3H3. The van der Waals surface area contributed by atoms with Gasteiger partial charge in [-0.15, -0.1) is 0 Å². The molecule has 0 aliphatic heterocycles. The number of carbonyl (C=O) groups excluding carboxylic acids is 1. The van der Waals surface area contributed by atoms with Crippen LogP contribution in [-0.4, -0.2) is 35.5 Å². The molecule has 0 aliphatic carbocycles. The van der Waals surface area contributed by atoms with Gasteiger partial charge in [0.25, 0.3) is 0 Å². The van der Waals surface area contributed by atoms with Crippen LogP contribution in [0.25, 0.3) is 0 Å². The molecule has 0 saturated heterocycles. The molecule has 1 atom stereocenters. The quantitative estimate of drug-likeness (QED) is 0.749. The first-order chi connectivity index (χ1) is 10.0. The summed E-state index contributed by atoms with van der Waals surface area (Å²) in [6, 6.07) is 5.47. The summed E-state index contributed by atoms with van der Waals surface area (Å²) in [5, 5.41) is 13.3. The van der Waals surface area contributed by atoms with E-state index in [1.807, 2.05) is 30.9 Å². The lowest BCUT2D eigenvalue weighted by molar-refractivity contribution is -0.130. The molecule has 0 heterocycles. The maximum atomic E-state index is 12.0. The molecule has 0 bridgehead atoms. The highest BCUT2D eigenvalue weighted by atomic mass is 79.9. The van der Waals surface area contributed by atoms with Crippen molar-refractivity contribution in [2.75, 3.05) is 19.6 Å². The number of hydrogen-bond acceptors (Lipinski definition) is 3. The van der Waals surface area contributed by atoms with Gasteiger partial charge in [-0.05, 0) is 38.5 Å². The second kappa shape index (κ2) is 9.05. The van der Waals surface area contributed by atoms with Crippen LogP contribution in [0.15, 0.2) is 22.7 Å². The Morgan fingerprint density at radius 2 is 2.00 bits per heavy atom. The van der Waals surface area contributed by atoms with E-state index >= 15 is 0 Å². The van der Waals surface area contributed by atoms with Gasteiger partial charge < -0.3 is 15.3 Å². The number of nitrogens with one attached hydrogen (secondary N) is 1. The van der Waals surface area contributed by atoms with E-state index < -0.39 is 0 Å².